The number of nitrogens with one attached hydrogen (secondary N) is 1. The number of aromatic carboxylic acids is 1. The molecule has 0 saturated carbocycles. The van der Waals surface area contributed by atoms with Gasteiger partial charge >= 0.3 is 11.7 Å². The van der Waals surface area contributed by atoms with Crippen molar-refractivity contribution in [2.45, 2.75) is 20.5 Å². The normalized spacial score (nSPS) is 10.8. The van der Waals surface area contributed by atoms with Gasteiger partial charge in [0.1, 0.15) is 12.4 Å². The van der Waals surface area contributed by atoms with Crippen LogP contribution in [0.1, 0.15) is 40.1 Å². The summed E-state index contributed by atoms with van der Waals surface area (Å²) in [5.74, 6) is -1.36. The van der Waals surface area contributed by atoms with E-state index in [-0.39, 0.29) is 46.5 Å². The fourth-order valence-corrected chi connectivity index (χ4v) is 3.82. The number of hydrogen-bond donors (Lipinski definition) is 2. The molecule has 4 aromatic carbocycles. The van der Waals surface area contributed by atoms with Crippen LogP contribution in [0, 0.1) is 16.0 Å². The molecule has 0 saturated heterocycles. The first-order chi connectivity index (χ1) is 18.2. The number of rotatable bonds is 10. The number of carboxylic acids is 1. The molecule has 0 aromatic heterocycles. The third-order valence-corrected chi connectivity index (χ3v) is 5.73. The number of nitrogens with zero attached hydrogens (tertiary/aromatic N) is 1. The predicted octanol–water partition coefficient (Wildman–Crippen LogP) is 6.31. The molecule has 2 N–H and O–H groups in total. The van der Waals surface area contributed by atoms with Crippen molar-refractivity contribution in [1.82, 2.24) is 0 Å². The van der Waals surface area contributed by atoms with Gasteiger partial charge in [0.25, 0.3) is 5.91 Å². The van der Waals surface area contributed by atoms with Crippen LogP contribution in [0.2, 0.25) is 0 Å². The molecule has 0 aliphatic rings. The second kappa shape index (κ2) is 11.4. The number of carbonyl (C=O) groups excluding carboxylic acids is 1. The zero-order chi connectivity index (χ0) is 27.2. The Morgan fingerprint density at radius 2 is 1.63 bits per heavy atom. The first-order valence-corrected chi connectivity index (χ1v) is 11.9. The van der Waals surface area contributed by atoms with Crippen LogP contribution >= 0.6 is 0 Å². The Bertz CT molecular complexity index is 1510. The topological polar surface area (TPSA) is 128 Å². The Balaban J connectivity index is 1.59. The molecule has 0 atom stereocenters. The van der Waals surface area contributed by atoms with E-state index in [1.165, 1.54) is 36.4 Å². The lowest BCUT2D eigenvalue weighted by atomic mass is 10.1. The van der Waals surface area contributed by atoms with Crippen molar-refractivity contribution < 1.29 is 29.1 Å². The lowest BCUT2D eigenvalue weighted by Gasteiger charge is -2.15. The summed E-state index contributed by atoms with van der Waals surface area (Å²) in [6.45, 7) is 4.26. The summed E-state index contributed by atoms with van der Waals surface area (Å²) in [6.07, 6.45) is 0. The second-order valence-corrected chi connectivity index (χ2v) is 9.04. The van der Waals surface area contributed by atoms with Crippen LogP contribution in [0.5, 0.6) is 11.5 Å². The average molecular weight is 515 g/mol. The highest BCUT2D eigenvalue weighted by molar-refractivity contribution is 6.06. The van der Waals surface area contributed by atoms with Crippen molar-refractivity contribution in [2.24, 2.45) is 5.92 Å². The van der Waals surface area contributed by atoms with E-state index in [1.54, 1.807) is 0 Å². The largest absolute Gasteiger partial charge is 0.491 e. The van der Waals surface area contributed by atoms with Gasteiger partial charge in [-0.15, -0.1) is 0 Å². The smallest absolute Gasteiger partial charge is 0.335 e. The maximum absolute atomic E-state index is 13.1. The summed E-state index contributed by atoms with van der Waals surface area (Å²) in [4.78, 5) is 35.6. The van der Waals surface area contributed by atoms with Gasteiger partial charge in [-0.3, -0.25) is 14.9 Å². The highest BCUT2D eigenvalue weighted by Crippen LogP contribution is 2.31. The molecule has 4 aromatic rings. The summed E-state index contributed by atoms with van der Waals surface area (Å²) in [6, 6.07) is 21.5. The summed E-state index contributed by atoms with van der Waals surface area (Å²) in [5.41, 5.74) is 0.991. The standard InChI is InChI=1S/C29H26N2O7/c1-18(2)16-37-26-15-21(29(33)34)10-12-24(26)30-28(32)20-11-13-25(31(35)36)27(14-20)38-17-22-8-5-7-19-6-3-4-9-23(19)22/h3-15,18H,16-17H2,1-2H3,(H,30,32)(H,33,34). The number of ether oxygens (including phenoxy) is 2. The van der Waals surface area contributed by atoms with Gasteiger partial charge in [-0.2, -0.15) is 0 Å². The lowest BCUT2D eigenvalue weighted by molar-refractivity contribution is -0.385. The Morgan fingerprint density at radius 1 is 0.921 bits per heavy atom. The number of benzene rings is 4. The summed E-state index contributed by atoms with van der Waals surface area (Å²) < 4.78 is 11.6. The number of fused-ring (bicyclic) bond motifs is 1. The van der Waals surface area contributed by atoms with Crippen molar-refractivity contribution >= 4 is 34.0 Å². The van der Waals surface area contributed by atoms with Crippen LogP contribution in [-0.4, -0.2) is 28.5 Å². The summed E-state index contributed by atoms with van der Waals surface area (Å²) >= 11 is 0. The average Bonchev–Trinajstić information content (AvgIpc) is 2.90. The fourth-order valence-electron chi connectivity index (χ4n) is 3.82. The highest BCUT2D eigenvalue weighted by Gasteiger charge is 2.20. The second-order valence-electron chi connectivity index (χ2n) is 9.04. The Kier molecular flexibility index (Phi) is 7.86. The molecular weight excluding hydrogens is 488 g/mol. The summed E-state index contributed by atoms with van der Waals surface area (Å²) in [7, 11) is 0. The molecule has 0 spiro atoms. The molecule has 0 aliphatic heterocycles. The van der Waals surface area contributed by atoms with Gasteiger partial charge in [-0.05, 0) is 46.5 Å². The van der Waals surface area contributed by atoms with Crippen LogP contribution in [0.15, 0.2) is 78.9 Å². The van der Waals surface area contributed by atoms with E-state index >= 15 is 0 Å². The molecular formula is C29H26N2O7. The quantitative estimate of drug-likeness (QED) is 0.187. The van der Waals surface area contributed by atoms with Crippen molar-refractivity contribution in [3.05, 3.63) is 106 Å². The van der Waals surface area contributed by atoms with Crippen molar-refractivity contribution in [3.8, 4) is 11.5 Å². The van der Waals surface area contributed by atoms with Gasteiger partial charge in [-0.25, -0.2) is 4.79 Å². The van der Waals surface area contributed by atoms with Gasteiger partial charge in [0.15, 0.2) is 5.75 Å². The minimum atomic E-state index is -1.12. The maximum Gasteiger partial charge on any atom is 0.335 e. The third kappa shape index (κ3) is 6.07. The number of nitro groups is 1. The van der Waals surface area contributed by atoms with Crippen LogP contribution < -0.4 is 14.8 Å². The van der Waals surface area contributed by atoms with Crippen LogP contribution in [0.3, 0.4) is 0 Å². The molecule has 194 valence electrons. The zero-order valence-electron chi connectivity index (χ0n) is 20.8. The molecule has 0 heterocycles. The lowest BCUT2D eigenvalue weighted by Crippen LogP contribution is -2.15. The molecule has 0 unspecified atom stereocenters. The Labute approximate surface area is 218 Å². The number of carboxylic acid groups (broad SMARTS) is 1. The zero-order valence-corrected chi connectivity index (χ0v) is 20.8. The Morgan fingerprint density at radius 3 is 2.37 bits per heavy atom. The minimum absolute atomic E-state index is 0.0150. The van der Waals surface area contributed by atoms with Gasteiger partial charge in [0, 0.05) is 17.7 Å². The molecule has 9 heteroatoms. The molecule has 0 aliphatic carbocycles. The highest BCUT2D eigenvalue weighted by atomic mass is 16.6. The number of anilines is 1. The van der Waals surface area contributed by atoms with Gasteiger partial charge < -0.3 is 19.9 Å². The minimum Gasteiger partial charge on any atom is -0.491 e. The molecule has 0 radical (unpaired) electrons. The van der Waals surface area contributed by atoms with E-state index in [1.807, 2.05) is 56.3 Å². The van der Waals surface area contributed by atoms with Crippen molar-refractivity contribution in [1.29, 1.82) is 0 Å². The SMILES string of the molecule is CC(C)COc1cc(C(=O)O)ccc1NC(=O)c1ccc([N+](=O)[O-])c(OCc2cccc3ccccc23)c1. The Hall–Kier alpha value is -4.92. The van der Waals surface area contributed by atoms with Crippen molar-refractivity contribution in [2.75, 3.05) is 11.9 Å². The number of carbonyl (C=O) groups is 2. The van der Waals surface area contributed by atoms with Crippen LogP contribution in [-0.2, 0) is 6.61 Å². The third-order valence-electron chi connectivity index (χ3n) is 5.73. The number of hydrogen-bond acceptors (Lipinski definition) is 6. The fraction of sp³-hybridized carbons (Fsp3) is 0.172. The number of nitro benzene ring substituents is 1. The molecule has 38 heavy (non-hydrogen) atoms. The van der Waals surface area contributed by atoms with Gasteiger partial charge in [-0.1, -0.05) is 56.3 Å². The van der Waals surface area contributed by atoms with E-state index in [0.717, 1.165) is 16.3 Å². The van der Waals surface area contributed by atoms with Crippen LogP contribution in [0.25, 0.3) is 10.8 Å². The van der Waals surface area contributed by atoms with Gasteiger partial charge in [0.2, 0.25) is 0 Å². The molecule has 0 fully saturated rings. The van der Waals surface area contributed by atoms with E-state index < -0.39 is 16.8 Å². The van der Waals surface area contributed by atoms with E-state index in [4.69, 9.17) is 9.47 Å². The first kappa shape index (κ1) is 26.2. The molecule has 0 bridgehead atoms. The van der Waals surface area contributed by atoms with E-state index in [9.17, 15) is 24.8 Å². The maximum atomic E-state index is 13.1. The van der Waals surface area contributed by atoms with E-state index in [0.29, 0.717) is 6.61 Å². The van der Waals surface area contributed by atoms with Crippen LogP contribution in [0.4, 0.5) is 11.4 Å². The van der Waals surface area contributed by atoms with E-state index in [2.05, 4.69) is 5.32 Å². The molecule has 1 amide bonds. The predicted molar refractivity (Wildman–Crippen MR) is 143 cm³/mol. The number of amides is 1. The van der Waals surface area contributed by atoms with Gasteiger partial charge in [0.05, 0.1) is 22.8 Å². The monoisotopic (exact) mass is 514 g/mol. The molecule has 9 nitrogen and oxygen atoms in total. The van der Waals surface area contributed by atoms with Crippen molar-refractivity contribution in [3.63, 3.8) is 0 Å². The first-order valence-electron chi connectivity index (χ1n) is 11.9. The molecule has 4 rings (SSSR count). The summed E-state index contributed by atoms with van der Waals surface area (Å²) in [5, 5.41) is 25.6.